The summed E-state index contributed by atoms with van der Waals surface area (Å²) in [4.78, 5) is 29.6. The number of aryl methyl sites for hydroxylation is 1. The van der Waals surface area contributed by atoms with Crippen molar-refractivity contribution in [2.75, 3.05) is 5.32 Å². The highest BCUT2D eigenvalue weighted by molar-refractivity contribution is 6.33. The van der Waals surface area contributed by atoms with E-state index in [1.54, 1.807) is 13.0 Å². The minimum Gasteiger partial charge on any atom is -0.478 e. The van der Waals surface area contributed by atoms with E-state index in [-0.39, 0.29) is 22.0 Å². The van der Waals surface area contributed by atoms with Crippen LogP contribution in [0, 0.1) is 6.92 Å². The van der Waals surface area contributed by atoms with Crippen LogP contribution in [0.15, 0.2) is 24.5 Å². The smallest absolute Gasteiger partial charge is 0.339 e. The molecule has 0 bridgehead atoms. The van der Waals surface area contributed by atoms with Crippen molar-refractivity contribution in [2.45, 2.75) is 6.92 Å². The first-order chi connectivity index (χ1) is 9.00. The quantitative estimate of drug-likeness (QED) is 0.751. The monoisotopic (exact) mass is 279 g/mol. The number of halogens is 1. The maximum Gasteiger partial charge on any atom is 0.339 e. The number of nitrogens with one attached hydrogen (secondary N) is 2. The van der Waals surface area contributed by atoms with Gasteiger partial charge in [-0.3, -0.25) is 4.79 Å². The second-order valence-corrected chi connectivity index (χ2v) is 4.16. The number of nitrogens with zero attached hydrogens (tertiary/aromatic N) is 1. The van der Waals surface area contributed by atoms with Crippen molar-refractivity contribution in [3.8, 4) is 0 Å². The minimum absolute atomic E-state index is 0.0216. The Balaban J connectivity index is 2.30. The van der Waals surface area contributed by atoms with Crippen molar-refractivity contribution >= 4 is 29.2 Å². The lowest BCUT2D eigenvalue weighted by Crippen LogP contribution is -2.14. The van der Waals surface area contributed by atoms with Gasteiger partial charge in [-0.15, -0.1) is 0 Å². The predicted octanol–water partition coefficient (Wildman–Crippen LogP) is 2.32. The Morgan fingerprint density at radius 3 is 2.84 bits per heavy atom. The van der Waals surface area contributed by atoms with Crippen molar-refractivity contribution in [1.29, 1.82) is 0 Å². The number of hydrogen-bond donors (Lipinski definition) is 3. The van der Waals surface area contributed by atoms with Crippen LogP contribution in [0.2, 0.25) is 5.15 Å². The first-order valence-electron chi connectivity index (χ1n) is 5.34. The standard InChI is InChI=1S/C12H10ClN3O3/c1-6-9(12(18)19)8(5-15-6)16-11(17)7-3-2-4-14-10(7)13/h2-5,15H,1H3,(H,16,17)(H,18,19). The van der Waals surface area contributed by atoms with E-state index < -0.39 is 11.9 Å². The van der Waals surface area contributed by atoms with Gasteiger partial charge in [-0.25, -0.2) is 9.78 Å². The number of anilines is 1. The van der Waals surface area contributed by atoms with Gasteiger partial charge in [0.25, 0.3) is 5.91 Å². The average molecular weight is 280 g/mol. The summed E-state index contributed by atoms with van der Waals surface area (Å²) in [7, 11) is 0. The van der Waals surface area contributed by atoms with Crippen LogP contribution in [-0.4, -0.2) is 27.0 Å². The molecule has 0 aromatic carbocycles. The molecule has 0 radical (unpaired) electrons. The lowest BCUT2D eigenvalue weighted by molar-refractivity contribution is 0.0697. The summed E-state index contributed by atoms with van der Waals surface area (Å²) in [6, 6.07) is 3.08. The summed E-state index contributed by atoms with van der Waals surface area (Å²) in [5.74, 6) is -1.63. The highest BCUT2D eigenvalue weighted by Gasteiger charge is 2.18. The number of H-pyrrole nitrogens is 1. The van der Waals surface area contributed by atoms with Crippen molar-refractivity contribution in [1.82, 2.24) is 9.97 Å². The molecule has 0 fully saturated rings. The number of carbonyl (C=O) groups is 2. The van der Waals surface area contributed by atoms with Gasteiger partial charge in [0.05, 0.1) is 11.3 Å². The highest BCUT2D eigenvalue weighted by Crippen LogP contribution is 2.21. The van der Waals surface area contributed by atoms with Crippen LogP contribution in [-0.2, 0) is 0 Å². The lowest BCUT2D eigenvalue weighted by Gasteiger charge is -2.05. The van der Waals surface area contributed by atoms with E-state index in [4.69, 9.17) is 16.7 Å². The molecular weight excluding hydrogens is 270 g/mol. The van der Waals surface area contributed by atoms with Crippen LogP contribution < -0.4 is 5.32 Å². The van der Waals surface area contributed by atoms with Crippen molar-refractivity contribution in [2.24, 2.45) is 0 Å². The molecule has 0 aliphatic heterocycles. The van der Waals surface area contributed by atoms with Crippen LogP contribution in [0.4, 0.5) is 5.69 Å². The van der Waals surface area contributed by atoms with Crippen LogP contribution in [0.3, 0.4) is 0 Å². The molecule has 2 rings (SSSR count). The number of carbonyl (C=O) groups excluding carboxylic acids is 1. The minimum atomic E-state index is -1.12. The van der Waals surface area contributed by atoms with Crippen molar-refractivity contribution < 1.29 is 14.7 Å². The number of rotatable bonds is 3. The Hall–Kier alpha value is -2.34. The summed E-state index contributed by atoms with van der Waals surface area (Å²) >= 11 is 5.80. The molecule has 98 valence electrons. The third-order valence-corrected chi connectivity index (χ3v) is 2.84. The maximum absolute atomic E-state index is 12.0. The molecule has 0 aliphatic carbocycles. The molecule has 0 atom stereocenters. The van der Waals surface area contributed by atoms with Gasteiger partial charge in [-0.2, -0.15) is 0 Å². The Labute approximate surface area is 113 Å². The normalized spacial score (nSPS) is 10.2. The van der Waals surface area contributed by atoms with Crippen molar-refractivity contribution in [3.63, 3.8) is 0 Å². The molecule has 3 N–H and O–H groups in total. The van der Waals surface area contributed by atoms with Crippen LogP contribution in [0.25, 0.3) is 0 Å². The second-order valence-electron chi connectivity index (χ2n) is 3.80. The zero-order valence-electron chi connectivity index (χ0n) is 9.90. The molecule has 0 aliphatic rings. The Morgan fingerprint density at radius 1 is 1.47 bits per heavy atom. The van der Waals surface area contributed by atoms with Crippen LogP contribution in [0.5, 0.6) is 0 Å². The molecule has 0 saturated heterocycles. The van der Waals surface area contributed by atoms with E-state index in [2.05, 4.69) is 15.3 Å². The van der Waals surface area contributed by atoms with E-state index in [9.17, 15) is 9.59 Å². The molecule has 1 amide bonds. The van der Waals surface area contributed by atoms with Gasteiger partial charge >= 0.3 is 5.97 Å². The fourth-order valence-electron chi connectivity index (χ4n) is 1.65. The molecule has 2 heterocycles. The summed E-state index contributed by atoms with van der Waals surface area (Å²) in [5.41, 5.74) is 0.850. The van der Waals surface area contributed by atoms with Gasteiger partial charge in [0, 0.05) is 18.1 Å². The summed E-state index contributed by atoms with van der Waals surface area (Å²) in [6.45, 7) is 1.61. The topological polar surface area (TPSA) is 95.1 Å². The highest BCUT2D eigenvalue weighted by atomic mass is 35.5. The number of aromatic amines is 1. The largest absolute Gasteiger partial charge is 0.478 e. The van der Waals surface area contributed by atoms with E-state index in [1.165, 1.54) is 18.5 Å². The number of carboxylic acid groups (broad SMARTS) is 1. The van der Waals surface area contributed by atoms with Gasteiger partial charge in [-0.05, 0) is 19.1 Å². The summed E-state index contributed by atoms with van der Waals surface area (Å²) in [6.07, 6.45) is 2.88. The fourth-order valence-corrected chi connectivity index (χ4v) is 1.85. The SMILES string of the molecule is Cc1[nH]cc(NC(=O)c2cccnc2Cl)c1C(=O)O. The second kappa shape index (κ2) is 5.11. The van der Waals surface area contributed by atoms with Gasteiger partial charge in [0.1, 0.15) is 10.7 Å². The summed E-state index contributed by atoms with van der Waals surface area (Å²) in [5, 5.41) is 11.6. The van der Waals surface area contributed by atoms with E-state index in [0.717, 1.165) is 0 Å². The van der Waals surface area contributed by atoms with Gasteiger partial charge in [0.2, 0.25) is 0 Å². The molecule has 2 aromatic heterocycles. The number of carboxylic acids is 1. The zero-order valence-corrected chi connectivity index (χ0v) is 10.7. The number of aromatic carboxylic acids is 1. The first kappa shape index (κ1) is 13.1. The first-order valence-corrected chi connectivity index (χ1v) is 5.71. The Kier molecular flexibility index (Phi) is 3.52. The molecule has 6 nitrogen and oxygen atoms in total. The lowest BCUT2D eigenvalue weighted by atomic mass is 10.2. The van der Waals surface area contributed by atoms with E-state index in [1.807, 2.05) is 0 Å². The number of amides is 1. The van der Waals surface area contributed by atoms with Crippen LogP contribution >= 0.6 is 11.6 Å². The number of hydrogen-bond acceptors (Lipinski definition) is 3. The maximum atomic E-state index is 12.0. The predicted molar refractivity (Wildman–Crippen MR) is 69.7 cm³/mol. The van der Waals surface area contributed by atoms with Gasteiger partial charge in [0.15, 0.2) is 0 Å². The molecular formula is C12H10ClN3O3. The summed E-state index contributed by atoms with van der Waals surface area (Å²) < 4.78 is 0. The van der Waals surface area contributed by atoms with Crippen molar-refractivity contribution in [3.05, 3.63) is 46.5 Å². The molecule has 0 unspecified atom stereocenters. The van der Waals surface area contributed by atoms with Gasteiger partial charge in [-0.1, -0.05) is 11.6 Å². The van der Waals surface area contributed by atoms with Gasteiger partial charge < -0.3 is 15.4 Å². The zero-order chi connectivity index (χ0) is 14.0. The van der Waals surface area contributed by atoms with E-state index >= 15 is 0 Å². The number of aromatic nitrogens is 2. The Bertz CT molecular complexity index is 651. The molecule has 2 aromatic rings. The van der Waals surface area contributed by atoms with E-state index in [0.29, 0.717) is 5.69 Å². The van der Waals surface area contributed by atoms with Crippen LogP contribution in [0.1, 0.15) is 26.4 Å². The molecule has 0 saturated carbocycles. The fraction of sp³-hybridized carbons (Fsp3) is 0.0833. The number of pyridine rings is 1. The third kappa shape index (κ3) is 2.58. The third-order valence-electron chi connectivity index (χ3n) is 2.54. The molecule has 0 spiro atoms. The Morgan fingerprint density at radius 2 is 2.21 bits per heavy atom. The molecule has 19 heavy (non-hydrogen) atoms. The molecule has 7 heteroatoms. The average Bonchev–Trinajstić information content (AvgIpc) is 2.70.